The summed E-state index contributed by atoms with van der Waals surface area (Å²) >= 11 is 0. The van der Waals surface area contributed by atoms with Crippen molar-refractivity contribution in [1.82, 2.24) is 16.0 Å². The molecule has 0 aromatic heterocycles. The van der Waals surface area contributed by atoms with Gasteiger partial charge < -0.3 is 30.2 Å². The molecular weight excluding hydrogens is 426 g/mol. The SMILES string of the molecule is CCC(COC(=O)CCCC1CN1)(COC(=O)CCCC1CN1)COC(=O)CCCC1CN1. The maximum atomic E-state index is 12.2. The Balaban J connectivity index is 1.42. The van der Waals surface area contributed by atoms with Gasteiger partial charge in [-0.1, -0.05) is 6.92 Å². The molecule has 0 bridgehead atoms. The molecule has 3 atom stereocenters. The highest BCUT2D eigenvalue weighted by Crippen LogP contribution is 2.26. The number of nitrogens with one attached hydrogen (secondary N) is 3. The smallest absolute Gasteiger partial charge is 0.305 e. The molecule has 0 saturated carbocycles. The minimum atomic E-state index is -0.727. The molecule has 3 rings (SSSR count). The van der Waals surface area contributed by atoms with Gasteiger partial charge in [0.2, 0.25) is 0 Å². The number of ether oxygens (including phenoxy) is 3. The standard InChI is InChI=1S/C24H41N3O6/c1-2-24(15-31-21(28)9-3-6-18-12-25-18,16-32-22(29)10-4-7-19-13-26-19)17-33-23(30)11-5-8-20-14-27-20/h18-20,25-27H,2-17H2,1H3. The van der Waals surface area contributed by atoms with E-state index in [1.54, 1.807) is 0 Å². The molecule has 3 unspecified atom stereocenters. The van der Waals surface area contributed by atoms with Gasteiger partial charge in [-0.3, -0.25) is 14.4 Å². The third kappa shape index (κ3) is 11.3. The van der Waals surface area contributed by atoms with Gasteiger partial charge in [-0.05, 0) is 44.9 Å². The van der Waals surface area contributed by atoms with E-state index in [-0.39, 0.29) is 37.7 Å². The van der Waals surface area contributed by atoms with Crippen LogP contribution in [-0.2, 0) is 28.6 Å². The Morgan fingerprint density at radius 2 is 0.970 bits per heavy atom. The van der Waals surface area contributed by atoms with E-state index in [4.69, 9.17) is 14.2 Å². The quantitative estimate of drug-likeness (QED) is 0.146. The van der Waals surface area contributed by atoms with E-state index < -0.39 is 5.41 Å². The van der Waals surface area contributed by atoms with Gasteiger partial charge in [0.25, 0.3) is 0 Å². The number of rotatable bonds is 19. The van der Waals surface area contributed by atoms with Crippen molar-refractivity contribution in [3.05, 3.63) is 0 Å². The summed E-state index contributed by atoms with van der Waals surface area (Å²) in [5.74, 6) is -0.792. The van der Waals surface area contributed by atoms with Gasteiger partial charge in [-0.15, -0.1) is 0 Å². The zero-order valence-corrected chi connectivity index (χ0v) is 20.0. The summed E-state index contributed by atoms with van der Waals surface area (Å²) in [4.78, 5) is 36.7. The molecule has 0 amide bonds. The molecule has 3 N–H and O–H groups in total. The van der Waals surface area contributed by atoms with Crippen LogP contribution in [0.1, 0.15) is 71.1 Å². The van der Waals surface area contributed by atoms with Gasteiger partial charge in [0, 0.05) is 57.0 Å². The highest BCUT2D eigenvalue weighted by atomic mass is 16.6. The predicted octanol–water partition coefficient (Wildman–Crippen LogP) is 1.44. The van der Waals surface area contributed by atoms with Crippen molar-refractivity contribution in [2.75, 3.05) is 39.5 Å². The topological polar surface area (TPSA) is 145 Å². The maximum Gasteiger partial charge on any atom is 0.305 e. The highest BCUT2D eigenvalue weighted by Gasteiger charge is 2.34. The zero-order chi connectivity index (χ0) is 23.5. The lowest BCUT2D eigenvalue weighted by molar-refractivity contribution is -0.162. The predicted molar refractivity (Wildman–Crippen MR) is 123 cm³/mol. The van der Waals surface area contributed by atoms with Crippen LogP contribution in [-0.4, -0.2) is 75.5 Å². The normalized spacial score (nSPS) is 24.5. The summed E-state index contributed by atoms with van der Waals surface area (Å²) in [6, 6.07) is 1.62. The maximum absolute atomic E-state index is 12.2. The first-order valence-corrected chi connectivity index (χ1v) is 12.6. The van der Waals surface area contributed by atoms with E-state index in [1.807, 2.05) is 6.92 Å². The highest BCUT2D eigenvalue weighted by molar-refractivity contribution is 5.70. The number of carbonyl (C=O) groups excluding carboxylic acids is 3. The van der Waals surface area contributed by atoms with E-state index in [0.29, 0.717) is 43.8 Å². The van der Waals surface area contributed by atoms with Crippen molar-refractivity contribution in [2.45, 2.75) is 89.3 Å². The molecule has 9 heteroatoms. The van der Waals surface area contributed by atoms with Crippen LogP contribution < -0.4 is 16.0 Å². The summed E-state index contributed by atoms with van der Waals surface area (Å²) in [6.45, 7) is 5.23. The minimum Gasteiger partial charge on any atom is -0.465 e. The van der Waals surface area contributed by atoms with E-state index in [9.17, 15) is 14.4 Å². The summed E-state index contributed by atoms with van der Waals surface area (Å²) in [5, 5.41) is 9.66. The molecule has 0 radical (unpaired) electrons. The number of esters is 3. The van der Waals surface area contributed by atoms with Gasteiger partial charge in [0.15, 0.2) is 0 Å². The lowest BCUT2D eigenvalue weighted by atomic mass is 9.88. The second kappa shape index (κ2) is 13.2. The van der Waals surface area contributed by atoms with Crippen molar-refractivity contribution in [3.63, 3.8) is 0 Å². The molecule has 3 aliphatic heterocycles. The van der Waals surface area contributed by atoms with Gasteiger partial charge in [0.1, 0.15) is 19.8 Å². The summed E-state index contributed by atoms with van der Waals surface area (Å²) in [5.41, 5.74) is -0.727. The van der Waals surface area contributed by atoms with Crippen molar-refractivity contribution in [3.8, 4) is 0 Å². The molecule has 0 aliphatic carbocycles. The Bertz CT molecular complexity index is 563. The molecule has 3 saturated heterocycles. The van der Waals surface area contributed by atoms with Crippen molar-refractivity contribution < 1.29 is 28.6 Å². The molecule has 188 valence electrons. The lowest BCUT2D eigenvalue weighted by Crippen LogP contribution is -2.39. The third-order valence-electron chi connectivity index (χ3n) is 6.65. The van der Waals surface area contributed by atoms with Crippen LogP contribution in [0.25, 0.3) is 0 Å². The number of carbonyl (C=O) groups is 3. The average molecular weight is 468 g/mol. The van der Waals surface area contributed by atoms with Crippen molar-refractivity contribution in [2.24, 2.45) is 5.41 Å². The molecule has 3 fully saturated rings. The average Bonchev–Trinajstić information content (AvgIpc) is 3.63. The van der Waals surface area contributed by atoms with Gasteiger partial charge >= 0.3 is 17.9 Å². The summed E-state index contributed by atoms with van der Waals surface area (Å²) < 4.78 is 16.6. The summed E-state index contributed by atoms with van der Waals surface area (Å²) in [7, 11) is 0. The largest absolute Gasteiger partial charge is 0.465 e. The van der Waals surface area contributed by atoms with Crippen LogP contribution in [0, 0.1) is 5.41 Å². The molecule has 3 aliphatic rings. The van der Waals surface area contributed by atoms with Crippen molar-refractivity contribution in [1.29, 1.82) is 0 Å². The molecule has 0 spiro atoms. The van der Waals surface area contributed by atoms with Crippen LogP contribution in [0.15, 0.2) is 0 Å². The van der Waals surface area contributed by atoms with E-state index in [1.165, 1.54) is 0 Å². The minimum absolute atomic E-state index is 0.0720. The number of hydrogen-bond acceptors (Lipinski definition) is 9. The van der Waals surface area contributed by atoms with E-state index >= 15 is 0 Å². The first kappa shape index (κ1) is 25.9. The molecule has 0 aromatic carbocycles. The Morgan fingerprint density at radius 3 is 1.21 bits per heavy atom. The van der Waals surface area contributed by atoms with Crippen LogP contribution in [0.5, 0.6) is 0 Å². The second-order valence-corrected chi connectivity index (χ2v) is 9.83. The summed E-state index contributed by atoms with van der Waals surface area (Å²) in [6.07, 6.45) is 6.90. The first-order valence-electron chi connectivity index (χ1n) is 12.6. The van der Waals surface area contributed by atoms with Gasteiger partial charge in [-0.25, -0.2) is 0 Å². The van der Waals surface area contributed by atoms with E-state index in [0.717, 1.165) is 58.2 Å². The third-order valence-corrected chi connectivity index (χ3v) is 6.65. The molecule has 9 nitrogen and oxygen atoms in total. The van der Waals surface area contributed by atoms with Crippen LogP contribution in [0.3, 0.4) is 0 Å². The monoisotopic (exact) mass is 467 g/mol. The van der Waals surface area contributed by atoms with Gasteiger partial charge in [-0.2, -0.15) is 0 Å². The zero-order valence-electron chi connectivity index (χ0n) is 20.0. The number of hydrogen-bond donors (Lipinski definition) is 3. The molecule has 0 aromatic rings. The Morgan fingerprint density at radius 1 is 0.667 bits per heavy atom. The fourth-order valence-corrected chi connectivity index (χ4v) is 3.69. The lowest BCUT2D eigenvalue weighted by Gasteiger charge is -2.31. The van der Waals surface area contributed by atoms with Crippen LogP contribution in [0.4, 0.5) is 0 Å². The fourth-order valence-electron chi connectivity index (χ4n) is 3.69. The Hall–Kier alpha value is -1.71. The van der Waals surface area contributed by atoms with E-state index in [2.05, 4.69) is 16.0 Å². The van der Waals surface area contributed by atoms with Crippen LogP contribution in [0.2, 0.25) is 0 Å². The first-order chi connectivity index (χ1) is 16.0. The Labute approximate surface area is 197 Å². The van der Waals surface area contributed by atoms with Crippen LogP contribution >= 0.6 is 0 Å². The second-order valence-electron chi connectivity index (χ2n) is 9.83. The Kier molecular flexibility index (Phi) is 10.4. The van der Waals surface area contributed by atoms with Crippen molar-refractivity contribution >= 4 is 17.9 Å². The molecule has 3 heterocycles. The fraction of sp³-hybridized carbons (Fsp3) is 0.875. The molecule has 33 heavy (non-hydrogen) atoms. The molecular formula is C24H41N3O6. The van der Waals surface area contributed by atoms with Gasteiger partial charge in [0.05, 0.1) is 5.41 Å².